The first-order chi connectivity index (χ1) is 9.68. The molecule has 8 heteroatoms. The number of nitrogen functional groups attached to an aromatic ring is 1. The predicted octanol–water partition coefficient (Wildman–Crippen LogP) is -0.563. The molecule has 112 valence electrons. The highest BCUT2D eigenvalue weighted by atomic mass is 16.2. The molecule has 2 heterocycles. The van der Waals surface area contributed by atoms with E-state index in [-0.39, 0.29) is 28.3 Å². The molecule has 0 aliphatic rings. The molecule has 0 unspecified atom stereocenters. The van der Waals surface area contributed by atoms with Crippen molar-refractivity contribution < 1.29 is 4.79 Å². The van der Waals surface area contributed by atoms with Crippen molar-refractivity contribution in [2.45, 2.75) is 19.8 Å². The number of carbonyl (C=O) groups is 1. The van der Waals surface area contributed by atoms with Gasteiger partial charge >= 0.3 is 5.69 Å². The SMILES string of the molecule is CC(C)c1c(C(N)=O)c(N)nc2c1c(=O)n(C)c(=O)n2C. The second-order valence-corrected chi connectivity index (χ2v) is 5.21. The monoisotopic (exact) mass is 291 g/mol. The van der Waals surface area contributed by atoms with E-state index in [0.717, 1.165) is 4.57 Å². The third-order valence-electron chi connectivity index (χ3n) is 3.48. The van der Waals surface area contributed by atoms with Gasteiger partial charge in [0.25, 0.3) is 11.5 Å². The van der Waals surface area contributed by atoms with Crippen molar-refractivity contribution in [2.24, 2.45) is 19.8 Å². The van der Waals surface area contributed by atoms with Gasteiger partial charge in [-0.05, 0) is 11.5 Å². The molecule has 0 saturated carbocycles. The third-order valence-corrected chi connectivity index (χ3v) is 3.48. The molecule has 2 aromatic heterocycles. The van der Waals surface area contributed by atoms with E-state index in [2.05, 4.69) is 4.98 Å². The molecule has 0 aromatic carbocycles. The highest BCUT2D eigenvalue weighted by molar-refractivity contribution is 6.03. The van der Waals surface area contributed by atoms with Crippen LogP contribution in [0.3, 0.4) is 0 Å². The number of aryl methyl sites for hydroxylation is 1. The van der Waals surface area contributed by atoms with Crippen molar-refractivity contribution in [1.29, 1.82) is 0 Å². The van der Waals surface area contributed by atoms with Crippen LogP contribution in [0, 0.1) is 0 Å². The number of hydrogen-bond donors (Lipinski definition) is 2. The number of fused-ring (bicyclic) bond motifs is 1. The van der Waals surface area contributed by atoms with E-state index >= 15 is 0 Å². The summed E-state index contributed by atoms with van der Waals surface area (Å²) in [7, 11) is 2.86. The summed E-state index contributed by atoms with van der Waals surface area (Å²) in [4.78, 5) is 40.1. The number of nitrogens with two attached hydrogens (primary N) is 2. The fourth-order valence-electron chi connectivity index (χ4n) is 2.47. The summed E-state index contributed by atoms with van der Waals surface area (Å²) in [6, 6.07) is 0. The van der Waals surface area contributed by atoms with Gasteiger partial charge in [0.2, 0.25) is 0 Å². The van der Waals surface area contributed by atoms with Gasteiger partial charge in [-0.25, -0.2) is 9.78 Å². The molecule has 0 atom stereocenters. The minimum Gasteiger partial charge on any atom is -0.383 e. The fourth-order valence-corrected chi connectivity index (χ4v) is 2.47. The molecule has 2 rings (SSSR count). The van der Waals surface area contributed by atoms with E-state index in [1.54, 1.807) is 0 Å². The molecule has 0 aliphatic carbocycles. The van der Waals surface area contributed by atoms with Gasteiger partial charge in [-0.15, -0.1) is 0 Å². The number of primary amides is 1. The standard InChI is InChI=1S/C13H17N5O3/c1-5(2)6-7(10(15)19)9(14)16-11-8(6)12(20)18(4)13(21)17(11)3/h5H,1-4H3,(H2,14,16)(H2,15,19). The molecule has 0 aliphatic heterocycles. The molecule has 21 heavy (non-hydrogen) atoms. The van der Waals surface area contributed by atoms with Gasteiger partial charge in [0.05, 0.1) is 10.9 Å². The van der Waals surface area contributed by atoms with Crippen LogP contribution in [0.1, 0.15) is 35.7 Å². The molecule has 0 bridgehead atoms. The quantitative estimate of drug-likeness (QED) is 0.766. The van der Waals surface area contributed by atoms with Crippen molar-refractivity contribution in [3.05, 3.63) is 32.0 Å². The third kappa shape index (κ3) is 1.99. The zero-order valence-corrected chi connectivity index (χ0v) is 12.3. The summed E-state index contributed by atoms with van der Waals surface area (Å²) in [6.07, 6.45) is 0. The minimum atomic E-state index is -0.749. The smallest absolute Gasteiger partial charge is 0.332 e. The Labute approximate surface area is 120 Å². The normalized spacial score (nSPS) is 11.3. The second-order valence-electron chi connectivity index (χ2n) is 5.21. The number of amides is 1. The lowest BCUT2D eigenvalue weighted by atomic mass is 9.94. The molecular weight excluding hydrogens is 274 g/mol. The highest BCUT2D eigenvalue weighted by Crippen LogP contribution is 2.28. The van der Waals surface area contributed by atoms with E-state index in [1.807, 2.05) is 13.8 Å². The molecule has 0 fully saturated rings. The van der Waals surface area contributed by atoms with Crippen LogP contribution in [-0.2, 0) is 14.1 Å². The lowest BCUT2D eigenvalue weighted by Gasteiger charge is -2.17. The molecule has 0 radical (unpaired) electrons. The summed E-state index contributed by atoms with van der Waals surface area (Å²) in [5.41, 5.74) is 10.7. The zero-order valence-electron chi connectivity index (χ0n) is 12.3. The average molecular weight is 291 g/mol. The molecular formula is C13H17N5O3. The molecule has 2 aromatic rings. The number of pyridine rings is 1. The van der Waals surface area contributed by atoms with E-state index in [0.29, 0.717) is 5.56 Å². The van der Waals surface area contributed by atoms with Gasteiger partial charge in [0.15, 0.2) is 5.65 Å². The zero-order chi connectivity index (χ0) is 16.1. The average Bonchev–Trinajstić information content (AvgIpc) is 2.40. The van der Waals surface area contributed by atoms with Crippen molar-refractivity contribution in [3.63, 3.8) is 0 Å². The molecule has 1 amide bonds. The van der Waals surface area contributed by atoms with E-state index in [4.69, 9.17) is 11.5 Å². The number of hydrogen-bond acceptors (Lipinski definition) is 5. The topological polar surface area (TPSA) is 126 Å². The first kappa shape index (κ1) is 14.8. The Hall–Kier alpha value is -2.64. The van der Waals surface area contributed by atoms with Gasteiger partial charge < -0.3 is 11.5 Å². The lowest BCUT2D eigenvalue weighted by Crippen LogP contribution is -2.38. The largest absolute Gasteiger partial charge is 0.383 e. The van der Waals surface area contributed by atoms with Crippen LogP contribution >= 0.6 is 0 Å². The van der Waals surface area contributed by atoms with Gasteiger partial charge in [-0.1, -0.05) is 13.8 Å². The minimum absolute atomic E-state index is 0.0354. The summed E-state index contributed by atoms with van der Waals surface area (Å²) in [5, 5.41) is 0.192. The number of rotatable bonds is 2. The number of nitrogens with zero attached hydrogens (tertiary/aromatic N) is 3. The molecule has 0 spiro atoms. The van der Waals surface area contributed by atoms with Crippen LogP contribution in [0.2, 0.25) is 0 Å². The Morgan fingerprint density at radius 2 is 1.76 bits per heavy atom. The maximum Gasteiger partial charge on any atom is 0.332 e. The number of anilines is 1. The van der Waals surface area contributed by atoms with Crippen LogP contribution in [0.4, 0.5) is 5.82 Å². The Balaban J connectivity index is 3.26. The Bertz CT molecular complexity index is 876. The molecule has 4 N–H and O–H groups in total. The van der Waals surface area contributed by atoms with Crippen molar-refractivity contribution in [2.75, 3.05) is 5.73 Å². The van der Waals surface area contributed by atoms with E-state index in [1.165, 1.54) is 18.7 Å². The van der Waals surface area contributed by atoms with Crippen LogP contribution in [0.15, 0.2) is 9.59 Å². The van der Waals surface area contributed by atoms with E-state index < -0.39 is 17.2 Å². The lowest BCUT2D eigenvalue weighted by molar-refractivity contribution is 0.1000. The maximum atomic E-state index is 12.4. The number of aromatic nitrogens is 3. The molecule has 0 saturated heterocycles. The van der Waals surface area contributed by atoms with Crippen molar-refractivity contribution >= 4 is 22.8 Å². The van der Waals surface area contributed by atoms with Crippen LogP contribution in [0.25, 0.3) is 11.0 Å². The fraction of sp³-hybridized carbons (Fsp3) is 0.385. The molecule has 8 nitrogen and oxygen atoms in total. The number of carbonyl (C=O) groups excluding carboxylic acids is 1. The Morgan fingerprint density at radius 1 is 1.19 bits per heavy atom. The van der Waals surface area contributed by atoms with Crippen molar-refractivity contribution in [1.82, 2.24) is 14.1 Å². The Kier molecular flexibility index (Phi) is 3.32. The summed E-state index contributed by atoms with van der Waals surface area (Å²) < 4.78 is 2.20. The predicted molar refractivity (Wildman–Crippen MR) is 79.2 cm³/mol. The van der Waals surface area contributed by atoms with Gasteiger partial charge in [0, 0.05) is 14.1 Å². The Morgan fingerprint density at radius 3 is 2.24 bits per heavy atom. The van der Waals surface area contributed by atoms with Crippen LogP contribution < -0.4 is 22.7 Å². The van der Waals surface area contributed by atoms with E-state index in [9.17, 15) is 14.4 Å². The van der Waals surface area contributed by atoms with Crippen LogP contribution in [0.5, 0.6) is 0 Å². The van der Waals surface area contributed by atoms with Crippen LogP contribution in [-0.4, -0.2) is 20.0 Å². The second kappa shape index (κ2) is 4.72. The van der Waals surface area contributed by atoms with Gasteiger partial charge in [-0.3, -0.25) is 18.7 Å². The summed E-state index contributed by atoms with van der Waals surface area (Å²) >= 11 is 0. The maximum absolute atomic E-state index is 12.4. The van der Waals surface area contributed by atoms with Crippen molar-refractivity contribution in [3.8, 4) is 0 Å². The van der Waals surface area contributed by atoms with Gasteiger partial charge in [0.1, 0.15) is 5.82 Å². The summed E-state index contributed by atoms with van der Waals surface area (Å²) in [6.45, 7) is 3.62. The highest BCUT2D eigenvalue weighted by Gasteiger charge is 2.24. The summed E-state index contributed by atoms with van der Waals surface area (Å²) in [5.74, 6) is -1.02. The van der Waals surface area contributed by atoms with Gasteiger partial charge in [-0.2, -0.15) is 0 Å². The first-order valence-electron chi connectivity index (χ1n) is 6.37. The first-order valence-corrected chi connectivity index (χ1v) is 6.37.